The first-order valence-electron chi connectivity index (χ1n) is 19.5. The van der Waals surface area contributed by atoms with Crippen LogP contribution >= 0.6 is 0 Å². The van der Waals surface area contributed by atoms with E-state index in [0.717, 1.165) is 17.8 Å². The number of piperidine rings is 1. The summed E-state index contributed by atoms with van der Waals surface area (Å²) in [7, 11) is -4.26. The van der Waals surface area contributed by atoms with Gasteiger partial charge in [-0.15, -0.1) is 23.4 Å². The summed E-state index contributed by atoms with van der Waals surface area (Å²) < 4.78 is 86.7. The van der Waals surface area contributed by atoms with Crippen LogP contribution in [0.15, 0.2) is 100 Å². The summed E-state index contributed by atoms with van der Waals surface area (Å²) in [6.07, 6.45) is -5.16. The minimum Gasteiger partial charge on any atom is -0.445 e. The van der Waals surface area contributed by atoms with Crippen molar-refractivity contribution in [1.82, 2.24) is 25.4 Å². The van der Waals surface area contributed by atoms with Gasteiger partial charge in [0, 0.05) is 24.2 Å². The SMILES string of the molecule is CC(C)(C)OC(=O)N[C@H]1CS(=O)(=O)c2ccc(-c3nnc(C4(C#N)CCN(C(=O)OCc5ccccc5)CC4)o3)cc2N(Cc2ccc(-c3ccc(OC(F)(F)F)cn3)cc2)C1=O. The molecule has 0 saturated carbocycles. The van der Waals surface area contributed by atoms with Crippen LogP contribution in [0.4, 0.5) is 28.4 Å². The van der Waals surface area contributed by atoms with E-state index >= 15 is 0 Å². The second-order valence-electron chi connectivity index (χ2n) is 15.8. The maximum Gasteiger partial charge on any atom is 0.573 e. The van der Waals surface area contributed by atoms with Crippen LogP contribution in [-0.4, -0.2) is 83.4 Å². The summed E-state index contributed by atoms with van der Waals surface area (Å²) in [5.41, 5.74) is 0.116. The number of carbonyl (C=O) groups is 3. The number of alkyl halides is 3. The van der Waals surface area contributed by atoms with E-state index in [1.165, 1.54) is 34.1 Å². The van der Waals surface area contributed by atoms with Crippen LogP contribution in [0.5, 0.6) is 5.75 Å². The number of carbonyl (C=O) groups excluding carboxylic acids is 3. The molecule has 5 aromatic rings. The number of rotatable bonds is 9. The Morgan fingerprint density at radius 2 is 1.65 bits per heavy atom. The Morgan fingerprint density at radius 3 is 2.29 bits per heavy atom. The van der Waals surface area contributed by atoms with Crippen molar-refractivity contribution in [1.29, 1.82) is 5.26 Å². The largest absolute Gasteiger partial charge is 0.573 e. The number of hydrogen-bond acceptors (Lipinski definition) is 13. The molecule has 2 aliphatic heterocycles. The van der Waals surface area contributed by atoms with Gasteiger partial charge in [0.15, 0.2) is 9.84 Å². The minimum absolute atomic E-state index is 0.00785. The number of amides is 3. The lowest BCUT2D eigenvalue weighted by molar-refractivity contribution is -0.274. The molecule has 16 nitrogen and oxygen atoms in total. The van der Waals surface area contributed by atoms with Crippen LogP contribution in [0.25, 0.3) is 22.7 Å². The number of halogens is 3. The summed E-state index contributed by atoms with van der Waals surface area (Å²) in [5.74, 6) is -2.15. The fraction of sp³-hybridized carbons (Fsp3) is 0.326. The van der Waals surface area contributed by atoms with Gasteiger partial charge < -0.3 is 33.7 Å². The molecule has 3 amide bonds. The van der Waals surface area contributed by atoms with Gasteiger partial charge >= 0.3 is 18.5 Å². The van der Waals surface area contributed by atoms with Crippen molar-refractivity contribution >= 4 is 33.6 Å². The average molecular weight is 888 g/mol. The predicted octanol–water partition coefficient (Wildman–Crippen LogP) is 7.10. The van der Waals surface area contributed by atoms with Gasteiger partial charge in [-0.2, -0.15) is 5.26 Å². The number of aromatic nitrogens is 3. The first kappa shape index (κ1) is 44.1. The number of fused-ring (bicyclic) bond motifs is 1. The van der Waals surface area contributed by atoms with Gasteiger partial charge in [0.2, 0.25) is 11.8 Å². The lowest BCUT2D eigenvalue weighted by atomic mass is 9.80. The molecule has 20 heteroatoms. The molecule has 1 atom stereocenters. The maximum atomic E-state index is 14.4. The zero-order valence-corrected chi connectivity index (χ0v) is 34.9. The molecule has 0 aliphatic carbocycles. The molecule has 4 heterocycles. The van der Waals surface area contributed by atoms with Crippen molar-refractivity contribution in [2.24, 2.45) is 0 Å². The number of anilines is 1. The number of ether oxygens (including phenoxy) is 3. The standard InChI is InChI=1S/C43H40F3N7O9S/c1-41(2,3)62-39(55)49-33-25-63(57,58)35-16-13-30(36-50-51-38(60-36)42(26-47)17-19-52(20-18-42)40(56)59-24-28-7-5-4-6-8-28)21-34(35)53(37(33)54)23-27-9-11-29(12-10-27)32-15-14-31(22-48-32)61-43(44,45)46/h4-16,21-22,33H,17-20,23-25H2,1-3H3,(H,49,55)/t33-/m0/s1. The second kappa shape index (κ2) is 17.4. The molecule has 0 radical (unpaired) electrons. The maximum absolute atomic E-state index is 14.4. The van der Waals surface area contributed by atoms with Crippen molar-refractivity contribution in [3.05, 3.63) is 108 Å². The predicted molar refractivity (Wildman–Crippen MR) is 217 cm³/mol. The Kier molecular flexibility index (Phi) is 12.2. The van der Waals surface area contributed by atoms with Gasteiger partial charge in [-0.05, 0) is 75.1 Å². The van der Waals surface area contributed by atoms with Gasteiger partial charge in [-0.1, -0.05) is 54.6 Å². The molecule has 1 saturated heterocycles. The third kappa shape index (κ3) is 10.4. The molecule has 328 valence electrons. The number of pyridine rings is 1. The van der Waals surface area contributed by atoms with Gasteiger partial charge in [0.05, 0.1) is 40.8 Å². The lowest BCUT2D eigenvalue weighted by Crippen LogP contribution is -2.51. The number of sulfone groups is 1. The number of alkyl carbamates (subject to hydrolysis) is 1. The number of benzene rings is 3. The average Bonchev–Trinajstić information content (AvgIpc) is 3.73. The van der Waals surface area contributed by atoms with E-state index in [1.54, 1.807) is 45.0 Å². The molecule has 0 spiro atoms. The fourth-order valence-electron chi connectivity index (χ4n) is 7.02. The fourth-order valence-corrected chi connectivity index (χ4v) is 8.63. The number of nitrogens with one attached hydrogen (secondary N) is 1. The van der Waals surface area contributed by atoms with Gasteiger partial charge in [-0.3, -0.25) is 9.78 Å². The van der Waals surface area contributed by atoms with Gasteiger partial charge in [0.25, 0.3) is 5.91 Å². The Bertz CT molecular complexity index is 2640. The highest BCUT2D eigenvalue weighted by Gasteiger charge is 2.44. The van der Waals surface area contributed by atoms with Crippen LogP contribution in [-0.2, 0) is 42.7 Å². The number of nitriles is 1. The van der Waals surface area contributed by atoms with Crippen LogP contribution in [0.3, 0.4) is 0 Å². The second-order valence-corrected chi connectivity index (χ2v) is 17.8. The molecule has 7 rings (SSSR count). The third-order valence-corrected chi connectivity index (χ3v) is 11.9. The highest BCUT2D eigenvalue weighted by molar-refractivity contribution is 7.91. The quantitative estimate of drug-likeness (QED) is 0.157. The monoisotopic (exact) mass is 887 g/mol. The van der Waals surface area contributed by atoms with Crippen molar-refractivity contribution in [3.8, 4) is 34.5 Å². The Morgan fingerprint density at radius 1 is 0.952 bits per heavy atom. The molecule has 0 bridgehead atoms. The van der Waals surface area contributed by atoms with E-state index in [2.05, 4.69) is 31.3 Å². The van der Waals surface area contributed by atoms with E-state index in [9.17, 15) is 41.2 Å². The van der Waals surface area contributed by atoms with E-state index in [4.69, 9.17) is 13.9 Å². The Labute approximate surface area is 359 Å². The molecular formula is C43H40F3N7O9S. The van der Waals surface area contributed by atoms with Crippen molar-refractivity contribution < 1.29 is 54.6 Å². The van der Waals surface area contributed by atoms with Crippen molar-refractivity contribution in [2.45, 2.75) is 75.1 Å². The summed E-state index contributed by atoms with van der Waals surface area (Å²) in [6.45, 7) is 5.06. The van der Waals surface area contributed by atoms with E-state index < -0.39 is 62.9 Å². The first-order valence-corrected chi connectivity index (χ1v) is 21.2. The molecule has 1 fully saturated rings. The highest BCUT2D eigenvalue weighted by Crippen LogP contribution is 2.39. The Balaban J connectivity index is 1.15. The van der Waals surface area contributed by atoms with Crippen LogP contribution < -0.4 is 15.0 Å². The topological polar surface area (TPSA) is 207 Å². The molecule has 2 aliphatic rings. The molecule has 0 unspecified atom stereocenters. The summed E-state index contributed by atoms with van der Waals surface area (Å²) in [6, 6.07) is 23.0. The highest BCUT2D eigenvalue weighted by atomic mass is 32.2. The van der Waals surface area contributed by atoms with Crippen molar-refractivity contribution in [2.75, 3.05) is 23.7 Å². The molecule has 3 aromatic carbocycles. The van der Waals surface area contributed by atoms with Crippen LogP contribution in [0.1, 0.15) is 50.6 Å². The van der Waals surface area contributed by atoms with Crippen LogP contribution in [0.2, 0.25) is 0 Å². The number of nitrogens with zero attached hydrogens (tertiary/aromatic N) is 6. The van der Waals surface area contributed by atoms with Crippen molar-refractivity contribution in [3.63, 3.8) is 0 Å². The van der Waals surface area contributed by atoms with E-state index in [-0.39, 0.29) is 67.0 Å². The molecule has 1 N–H and O–H groups in total. The van der Waals surface area contributed by atoms with E-state index in [1.807, 2.05) is 30.3 Å². The molecule has 63 heavy (non-hydrogen) atoms. The summed E-state index contributed by atoms with van der Waals surface area (Å²) in [5, 5.41) is 21.2. The Hall–Kier alpha value is -7.01. The lowest BCUT2D eigenvalue weighted by Gasteiger charge is -2.34. The zero-order valence-electron chi connectivity index (χ0n) is 34.1. The molecule has 2 aromatic heterocycles. The van der Waals surface area contributed by atoms with Gasteiger partial charge in [0.1, 0.15) is 29.4 Å². The van der Waals surface area contributed by atoms with E-state index in [0.29, 0.717) is 16.8 Å². The zero-order chi connectivity index (χ0) is 45.2. The first-order chi connectivity index (χ1) is 29.8. The smallest absolute Gasteiger partial charge is 0.445 e. The van der Waals surface area contributed by atoms with Crippen LogP contribution in [0, 0.1) is 11.3 Å². The normalized spacial score (nSPS) is 17.2. The molecular weight excluding hydrogens is 848 g/mol. The minimum atomic E-state index is -4.88. The van der Waals surface area contributed by atoms with Gasteiger partial charge in [-0.25, -0.2) is 18.0 Å². The summed E-state index contributed by atoms with van der Waals surface area (Å²) >= 11 is 0. The third-order valence-electron chi connectivity index (χ3n) is 10.2. The number of likely N-dealkylation sites (tertiary alicyclic amines) is 1. The number of hydrogen-bond donors (Lipinski definition) is 1. The summed E-state index contributed by atoms with van der Waals surface area (Å²) in [4.78, 5) is 46.7.